The molecule has 3 heterocycles. The highest BCUT2D eigenvalue weighted by atomic mass is 35.5. The number of rotatable bonds is 4. The second-order valence-electron chi connectivity index (χ2n) is 5.03. The highest BCUT2D eigenvalue weighted by molar-refractivity contribution is 6.29. The lowest BCUT2D eigenvalue weighted by Crippen LogP contribution is -2.38. The summed E-state index contributed by atoms with van der Waals surface area (Å²) < 4.78 is 16.1. The standard InChI is InChI=1S/C13H19ClN4O3/c1-19-7-10-8-21-9-18(10)12-6-11(14)15-13(16-12)17-2-4-20-5-3-17/h6,10H,2-5,7-9H2,1H3/t10-/m0/s1. The third kappa shape index (κ3) is 3.37. The zero-order valence-electron chi connectivity index (χ0n) is 12.0. The Balaban J connectivity index is 1.83. The third-order valence-corrected chi connectivity index (χ3v) is 3.79. The Labute approximate surface area is 128 Å². The van der Waals surface area contributed by atoms with Crippen LogP contribution in [0.15, 0.2) is 6.07 Å². The van der Waals surface area contributed by atoms with Crippen molar-refractivity contribution in [2.24, 2.45) is 0 Å². The molecule has 2 aliphatic rings. The normalized spacial score (nSPS) is 22.9. The molecule has 7 nitrogen and oxygen atoms in total. The molecule has 0 amide bonds. The van der Waals surface area contributed by atoms with Gasteiger partial charge in [-0.2, -0.15) is 4.98 Å². The van der Waals surface area contributed by atoms with E-state index < -0.39 is 0 Å². The van der Waals surface area contributed by atoms with Crippen LogP contribution in [0.5, 0.6) is 0 Å². The third-order valence-electron chi connectivity index (χ3n) is 3.60. The molecule has 0 N–H and O–H groups in total. The zero-order chi connectivity index (χ0) is 14.7. The number of halogens is 1. The lowest BCUT2D eigenvalue weighted by Gasteiger charge is -2.28. The van der Waals surface area contributed by atoms with Gasteiger partial charge >= 0.3 is 0 Å². The number of anilines is 2. The van der Waals surface area contributed by atoms with Crippen LogP contribution >= 0.6 is 11.6 Å². The second kappa shape index (κ2) is 6.74. The first-order valence-electron chi connectivity index (χ1n) is 6.98. The first kappa shape index (κ1) is 14.8. The van der Waals surface area contributed by atoms with Gasteiger partial charge in [0.1, 0.15) is 17.7 Å². The van der Waals surface area contributed by atoms with E-state index in [0.29, 0.717) is 44.3 Å². The average molecular weight is 315 g/mol. The van der Waals surface area contributed by atoms with Gasteiger partial charge in [-0.05, 0) is 0 Å². The molecular formula is C13H19ClN4O3. The van der Waals surface area contributed by atoms with Gasteiger partial charge in [0.05, 0.1) is 32.5 Å². The number of nitrogens with zero attached hydrogens (tertiary/aromatic N) is 4. The minimum atomic E-state index is 0.151. The van der Waals surface area contributed by atoms with Gasteiger partial charge in [0.2, 0.25) is 5.95 Å². The Kier molecular flexibility index (Phi) is 4.74. The van der Waals surface area contributed by atoms with E-state index in [2.05, 4.69) is 19.8 Å². The summed E-state index contributed by atoms with van der Waals surface area (Å²) in [6.45, 7) is 4.63. The summed E-state index contributed by atoms with van der Waals surface area (Å²) in [7, 11) is 1.68. The predicted octanol–water partition coefficient (Wildman–Crippen LogP) is 0.776. The summed E-state index contributed by atoms with van der Waals surface area (Å²) in [5.41, 5.74) is 0. The molecule has 0 spiro atoms. The smallest absolute Gasteiger partial charge is 0.228 e. The summed E-state index contributed by atoms with van der Waals surface area (Å²) in [6, 6.07) is 1.92. The number of ether oxygens (including phenoxy) is 3. The molecule has 0 unspecified atom stereocenters. The number of aromatic nitrogens is 2. The number of hydrogen-bond acceptors (Lipinski definition) is 7. The predicted molar refractivity (Wildman–Crippen MR) is 79.0 cm³/mol. The van der Waals surface area contributed by atoms with Crippen LogP contribution < -0.4 is 9.80 Å². The van der Waals surface area contributed by atoms with Crippen molar-refractivity contribution in [2.75, 3.05) is 63.2 Å². The summed E-state index contributed by atoms with van der Waals surface area (Å²) in [5.74, 6) is 1.42. The average Bonchev–Trinajstić information content (AvgIpc) is 2.96. The molecule has 0 saturated carbocycles. The Morgan fingerprint density at radius 1 is 1.33 bits per heavy atom. The molecular weight excluding hydrogens is 296 g/mol. The van der Waals surface area contributed by atoms with Crippen molar-refractivity contribution in [3.8, 4) is 0 Å². The Bertz CT molecular complexity index is 484. The van der Waals surface area contributed by atoms with E-state index in [1.165, 1.54) is 0 Å². The monoisotopic (exact) mass is 314 g/mol. The van der Waals surface area contributed by atoms with Gasteiger partial charge in [-0.25, -0.2) is 4.98 Å². The molecule has 0 bridgehead atoms. The molecule has 1 aromatic rings. The van der Waals surface area contributed by atoms with E-state index in [0.717, 1.165) is 18.9 Å². The molecule has 1 aromatic heterocycles. The van der Waals surface area contributed by atoms with E-state index in [1.54, 1.807) is 13.2 Å². The number of methoxy groups -OCH3 is 1. The first-order chi connectivity index (χ1) is 10.3. The minimum absolute atomic E-state index is 0.151. The molecule has 8 heteroatoms. The zero-order valence-corrected chi connectivity index (χ0v) is 12.8. The van der Waals surface area contributed by atoms with Crippen molar-refractivity contribution < 1.29 is 14.2 Å². The topological polar surface area (TPSA) is 60.0 Å². The van der Waals surface area contributed by atoms with Gasteiger partial charge in [-0.3, -0.25) is 0 Å². The van der Waals surface area contributed by atoms with E-state index >= 15 is 0 Å². The lowest BCUT2D eigenvalue weighted by molar-refractivity contribution is 0.122. The molecule has 0 radical (unpaired) electrons. The summed E-state index contributed by atoms with van der Waals surface area (Å²) in [6.07, 6.45) is 0. The lowest BCUT2D eigenvalue weighted by atomic mass is 10.3. The van der Waals surface area contributed by atoms with Crippen LogP contribution in [0.4, 0.5) is 11.8 Å². The molecule has 0 aromatic carbocycles. The number of hydrogen-bond donors (Lipinski definition) is 0. The van der Waals surface area contributed by atoms with Gasteiger partial charge in [-0.1, -0.05) is 11.6 Å². The summed E-state index contributed by atoms with van der Waals surface area (Å²) >= 11 is 6.16. The Morgan fingerprint density at radius 3 is 2.90 bits per heavy atom. The highest BCUT2D eigenvalue weighted by Gasteiger charge is 2.28. The molecule has 21 heavy (non-hydrogen) atoms. The molecule has 2 fully saturated rings. The van der Waals surface area contributed by atoms with Gasteiger partial charge in [0.25, 0.3) is 0 Å². The quantitative estimate of drug-likeness (QED) is 0.761. The Hall–Kier alpha value is -1.15. The van der Waals surface area contributed by atoms with Crippen LogP contribution in [0.3, 0.4) is 0 Å². The van der Waals surface area contributed by atoms with Crippen LogP contribution in [-0.4, -0.2) is 69.4 Å². The van der Waals surface area contributed by atoms with E-state index in [1.807, 2.05) is 0 Å². The van der Waals surface area contributed by atoms with Gasteiger partial charge in [-0.15, -0.1) is 0 Å². The van der Waals surface area contributed by atoms with Gasteiger partial charge < -0.3 is 24.0 Å². The molecule has 3 rings (SSSR count). The molecule has 116 valence electrons. The van der Waals surface area contributed by atoms with E-state index in [9.17, 15) is 0 Å². The van der Waals surface area contributed by atoms with Crippen molar-refractivity contribution in [1.82, 2.24) is 9.97 Å². The van der Waals surface area contributed by atoms with Crippen LogP contribution in [0.2, 0.25) is 5.15 Å². The number of morpholine rings is 1. The molecule has 1 atom stereocenters. The van der Waals surface area contributed by atoms with E-state index in [-0.39, 0.29) is 6.04 Å². The second-order valence-corrected chi connectivity index (χ2v) is 5.41. The maximum atomic E-state index is 6.16. The Morgan fingerprint density at radius 2 is 2.14 bits per heavy atom. The van der Waals surface area contributed by atoms with Gasteiger partial charge in [0.15, 0.2) is 0 Å². The fourth-order valence-corrected chi connectivity index (χ4v) is 2.69. The SMILES string of the molecule is COC[C@H]1COCN1c1cc(Cl)nc(N2CCOCC2)n1. The van der Waals surface area contributed by atoms with Crippen molar-refractivity contribution in [1.29, 1.82) is 0 Å². The molecule has 2 aliphatic heterocycles. The van der Waals surface area contributed by atoms with Crippen LogP contribution in [-0.2, 0) is 14.2 Å². The van der Waals surface area contributed by atoms with Crippen LogP contribution in [0, 0.1) is 0 Å². The molecule has 0 aliphatic carbocycles. The van der Waals surface area contributed by atoms with Crippen molar-refractivity contribution in [3.63, 3.8) is 0 Å². The minimum Gasteiger partial charge on any atom is -0.382 e. The maximum absolute atomic E-state index is 6.16. The van der Waals surface area contributed by atoms with Crippen LogP contribution in [0.1, 0.15) is 0 Å². The maximum Gasteiger partial charge on any atom is 0.228 e. The molecule has 2 saturated heterocycles. The van der Waals surface area contributed by atoms with Crippen molar-refractivity contribution in [2.45, 2.75) is 6.04 Å². The summed E-state index contributed by atoms with van der Waals surface area (Å²) in [4.78, 5) is 13.1. The fourth-order valence-electron chi connectivity index (χ4n) is 2.51. The van der Waals surface area contributed by atoms with Gasteiger partial charge in [0, 0.05) is 26.3 Å². The van der Waals surface area contributed by atoms with Crippen molar-refractivity contribution >= 4 is 23.4 Å². The van der Waals surface area contributed by atoms with E-state index in [4.69, 9.17) is 25.8 Å². The summed E-state index contributed by atoms with van der Waals surface area (Å²) in [5, 5.41) is 0.435. The van der Waals surface area contributed by atoms with Crippen molar-refractivity contribution in [3.05, 3.63) is 11.2 Å². The van der Waals surface area contributed by atoms with Crippen LogP contribution in [0.25, 0.3) is 0 Å². The first-order valence-corrected chi connectivity index (χ1v) is 7.36. The highest BCUT2D eigenvalue weighted by Crippen LogP contribution is 2.25. The largest absolute Gasteiger partial charge is 0.382 e. The fraction of sp³-hybridized carbons (Fsp3) is 0.692.